The molecule has 4 nitrogen and oxygen atoms in total. The van der Waals surface area contributed by atoms with Crippen LogP contribution in [-0.4, -0.2) is 47.1 Å². The molecule has 1 N–H and O–H groups in total. The van der Waals surface area contributed by atoms with Crippen LogP contribution in [0, 0.1) is 0 Å². The van der Waals surface area contributed by atoms with Crippen LogP contribution < -0.4 is 10.1 Å². The first-order chi connectivity index (χ1) is 10.2. The molecule has 1 saturated heterocycles. The van der Waals surface area contributed by atoms with Crippen LogP contribution in [0.25, 0.3) is 0 Å². The number of halogens is 1. The van der Waals surface area contributed by atoms with E-state index in [4.69, 9.17) is 25.8 Å². The molecule has 0 spiro atoms. The van der Waals surface area contributed by atoms with E-state index >= 15 is 0 Å². The van der Waals surface area contributed by atoms with Crippen molar-refractivity contribution in [2.75, 3.05) is 47.1 Å². The van der Waals surface area contributed by atoms with Gasteiger partial charge in [-0.1, -0.05) is 11.6 Å². The van der Waals surface area contributed by atoms with Gasteiger partial charge in [-0.15, -0.1) is 0 Å². The van der Waals surface area contributed by atoms with Gasteiger partial charge in [-0.3, -0.25) is 0 Å². The molecule has 1 aliphatic rings. The highest BCUT2D eigenvalue weighted by Crippen LogP contribution is 2.40. The second kappa shape index (κ2) is 7.99. The summed E-state index contributed by atoms with van der Waals surface area (Å²) in [4.78, 5) is 0. The van der Waals surface area contributed by atoms with E-state index < -0.39 is 0 Å². The van der Waals surface area contributed by atoms with Crippen LogP contribution in [0.15, 0.2) is 18.2 Å². The minimum Gasteiger partial charge on any atom is -0.496 e. The molecule has 1 fully saturated rings. The normalized spacial score (nSPS) is 17.7. The molecule has 0 atom stereocenters. The first-order valence-electron chi connectivity index (χ1n) is 7.33. The Hall–Kier alpha value is -0.810. The first kappa shape index (κ1) is 16.6. The molecule has 0 saturated carbocycles. The molecule has 1 aromatic carbocycles. The largest absolute Gasteiger partial charge is 0.496 e. The Bertz CT molecular complexity index is 447. The van der Waals surface area contributed by atoms with Crippen molar-refractivity contribution in [1.82, 2.24) is 5.32 Å². The molecule has 1 aromatic rings. The lowest BCUT2D eigenvalue weighted by atomic mass is 9.73. The average Bonchev–Trinajstić information content (AvgIpc) is 2.52. The summed E-state index contributed by atoms with van der Waals surface area (Å²) < 4.78 is 16.2. The van der Waals surface area contributed by atoms with Crippen molar-refractivity contribution < 1.29 is 14.2 Å². The van der Waals surface area contributed by atoms with Gasteiger partial charge in [-0.25, -0.2) is 0 Å². The Balaban J connectivity index is 2.24. The maximum absolute atomic E-state index is 6.21. The highest BCUT2D eigenvalue weighted by Gasteiger charge is 2.36. The highest BCUT2D eigenvalue weighted by atomic mass is 35.5. The standard InChI is InChI=1S/C16H24ClNO3/c1-19-10-7-18-12-16(5-8-21-9-6-16)14-11-13(17)3-4-15(14)20-2/h3-4,11,18H,5-10,12H2,1-2H3. The van der Waals surface area contributed by atoms with Gasteiger partial charge >= 0.3 is 0 Å². The molecule has 21 heavy (non-hydrogen) atoms. The Kier molecular flexibility index (Phi) is 6.30. The van der Waals surface area contributed by atoms with Crippen molar-refractivity contribution in [3.8, 4) is 5.75 Å². The third kappa shape index (κ3) is 4.10. The van der Waals surface area contributed by atoms with E-state index in [1.165, 1.54) is 5.56 Å². The number of ether oxygens (including phenoxy) is 3. The molecule has 0 aliphatic carbocycles. The van der Waals surface area contributed by atoms with Gasteiger partial charge in [-0.05, 0) is 31.0 Å². The van der Waals surface area contributed by atoms with Crippen molar-refractivity contribution >= 4 is 11.6 Å². The van der Waals surface area contributed by atoms with Crippen molar-refractivity contribution in [2.45, 2.75) is 18.3 Å². The number of hydrogen-bond acceptors (Lipinski definition) is 4. The number of rotatable bonds is 7. The van der Waals surface area contributed by atoms with E-state index in [1.807, 2.05) is 18.2 Å². The number of methoxy groups -OCH3 is 2. The predicted octanol–water partition coefficient (Wildman–Crippen LogP) is 2.63. The van der Waals surface area contributed by atoms with Gasteiger partial charge in [0.25, 0.3) is 0 Å². The van der Waals surface area contributed by atoms with Crippen molar-refractivity contribution in [2.24, 2.45) is 0 Å². The van der Waals surface area contributed by atoms with E-state index in [9.17, 15) is 0 Å². The number of hydrogen-bond donors (Lipinski definition) is 1. The topological polar surface area (TPSA) is 39.7 Å². The molecule has 0 bridgehead atoms. The summed E-state index contributed by atoms with van der Waals surface area (Å²) in [6, 6.07) is 5.85. The fourth-order valence-corrected chi connectivity index (χ4v) is 3.07. The Labute approximate surface area is 131 Å². The van der Waals surface area contributed by atoms with Crippen molar-refractivity contribution in [3.05, 3.63) is 28.8 Å². The van der Waals surface area contributed by atoms with Gasteiger partial charge in [0.2, 0.25) is 0 Å². The van der Waals surface area contributed by atoms with Gasteiger partial charge in [0.05, 0.1) is 13.7 Å². The molecule has 5 heteroatoms. The molecule has 1 heterocycles. The summed E-state index contributed by atoms with van der Waals surface area (Å²) in [6.45, 7) is 3.95. The molecular weight excluding hydrogens is 290 g/mol. The molecule has 0 radical (unpaired) electrons. The zero-order chi connectivity index (χ0) is 15.1. The van der Waals surface area contributed by atoms with Gasteiger partial charge in [0, 0.05) is 49.4 Å². The first-order valence-corrected chi connectivity index (χ1v) is 7.71. The summed E-state index contributed by atoms with van der Waals surface area (Å²) >= 11 is 6.21. The van der Waals surface area contributed by atoms with Crippen LogP contribution in [0.1, 0.15) is 18.4 Å². The van der Waals surface area contributed by atoms with Crippen LogP contribution in [0.3, 0.4) is 0 Å². The van der Waals surface area contributed by atoms with Crippen LogP contribution in [0.2, 0.25) is 5.02 Å². The monoisotopic (exact) mass is 313 g/mol. The van der Waals surface area contributed by atoms with Crippen LogP contribution in [0.5, 0.6) is 5.75 Å². The smallest absolute Gasteiger partial charge is 0.122 e. The van der Waals surface area contributed by atoms with Crippen molar-refractivity contribution in [3.63, 3.8) is 0 Å². The molecule has 0 unspecified atom stereocenters. The SMILES string of the molecule is COCCNCC1(c2cc(Cl)ccc2OC)CCOCC1. The molecule has 2 rings (SSSR count). The predicted molar refractivity (Wildman–Crippen MR) is 84.5 cm³/mol. The third-order valence-electron chi connectivity index (χ3n) is 4.13. The maximum Gasteiger partial charge on any atom is 0.122 e. The van der Waals surface area contributed by atoms with Gasteiger partial charge in [0.15, 0.2) is 0 Å². The molecule has 0 amide bonds. The Morgan fingerprint density at radius 3 is 2.71 bits per heavy atom. The molecule has 1 aliphatic heterocycles. The summed E-state index contributed by atoms with van der Waals surface area (Å²) in [5.74, 6) is 0.898. The minimum atomic E-state index is 0.00222. The Morgan fingerprint density at radius 1 is 1.29 bits per heavy atom. The average molecular weight is 314 g/mol. The van der Waals surface area contributed by atoms with E-state index in [1.54, 1.807) is 14.2 Å². The molecule has 0 aromatic heterocycles. The van der Waals surface area contributed by atoms with Crippen LogP contribution in [-0.2, 0) is 14.9 Å². The summed E-state index contributed by atoms with van der Waals surface area (Å²) in [5.41, 5.74) is 1.17. The number of benzene rings is 1. The fraction of sp³-hybridized carbons (Fsp3) is 0.625. The zero-order valence-corrected chi connectivity index (χ0v) is 13.5. The summed E-state index contributed by atoms with van der Waals surface area (Å²) in [6.07, 6.45) is 1.92. The number of nitrogens with one attached hydrogen (secondary N) is 1. The lowest BCUT2D eigenvalue weighted by molar-refractivity contribution is 0.0484. The summed E-state index contributed by atoms with van der Waals surface area (Å²) in [7, 11) is 3.42. The van der Waals surface area contributed by atoms with Gasteiger partial charge in [-0.2, -0.15) is 0 Å². The summed E-state index contributed by atoms with van der Waals surface area (Å²) in [5, 5.41) is 4.23. The quantitative estimate of drug-likeness (QED) is 0.786. The maximum atomic E-state index is 6.21. The fourth-order valence-electron chi connectivity index (χ4n) is 2.90. The zero-order valence-electron chi connectivity index (χ0n) is 12.8. The van der Waals surface area contributed by atoms with Crippen LogP contribution in [0.4, 0.5) is 0 Å². The van der Waals surface area contributed by atoms with E-state index in [-0.39, 0.29) is 5.41 Å². The second-order valence-corrected chi connectivity index (χ2v) is 5.84. The minimum absolute atomic E-state index is 0.00222. The van der Waals surface area contributed by atoms with E-state index in [2.05, 4.69) is 5.32 Å². The van der Waals surface area contributed by atoms with Gasteiger partial charge in [0.1, 0.15) is 5.75 Å². The third-order valence-corrected chi connectivity index (χ3v) is 4.36. The van der Waals surface area contributed by atoms with E-state index in [0.717, 1.165) is 49.9 Å². The van der Waals surface area contributed by atoms with E-state index in [0.29, 0.717) is 6.61 Å². The van der Waals surface area contributed by atoms with Gasteiger partial charge < -0.3 is 19.5 Å². The van der Waals surface area contributed by atoms with Crippen molar-refractivity contribution in [1.29, 1.82) is 0 Å². The second-order valence-electron chi connectivity index (χ2n) is 5.41. The lowest BCUT2D eigenvalue weighted by Gasteiger charge is -2.39. The Morgan fingerprint density at radius 2 is 2.05 bits per heavy atom. The molecule has 118 valence electrons. The molecular formula is C16H24ClNO3. The highest BCUT2D eigenvalue weighted by molar-refractivity contribution is 6.30. The van der Waals surface area contributed by atoms with Crippen LogP contribution >= 0.6 is 11.6 Å². The lowest BCUT2D eigenvalue weighted by Crippen LogP contribution is -2.43.